The van der Waals surface area contributed by atoms with Crippen molar-refractivity contribution in [2.45, 2.75) is 70.8 Å². The van der Waals surface area contributed by atoms with Crippen LogP contribution in [0.15, 0.2) is 24.3 Å². The molecular formula is C30H39BrN4O4. The normalized spacial score (nSPS) is 17.6. The third kappa shape index (κ3) is 6.13. The monoisotopic (exact) mass is 598 g/mol. The number of aliphatic carboxylic acids is 1. The van der Waals surface area contributed by atoms with Crippen LogP contribution >= 0.6 is 17.0 Å². The Balaban J connectivity index is 0.00000353. The van der Waals surface area contributed by atoms with Crippen molar-refractivity contribution in [3.05, 3.63) is 52.3 Å². The Kier molecular flexibility index (Phi) is 8.40. The number of ketones is 1. The number of amidine groups is 1. The summed E-state index contributed by atoms with van der Waals surface area (Å²) in [5.41, 5.74) is 4.96. The number of Topliss-reactive ketones (excluding diaryl/α,β-unsaturated/α-hetero) is 1. The maximum absolute atomic E-state index is 13.7. The van der Waals surface area contributed by atoms with Crippen LogP contribution in [0.4, 0.5) is 5.69 Å². The van der Waals surface area contributed by atoms with Gasteiger partial charge in [-0.15, -0.1) is 17.0 Å². The second-order valence-electron chi connectivity index (χ2n) is 12.0. The van der Waals surface area contributed by atoms with Crippen LogP contribution in [0.2, 0.25) is 0 Å². The molecule has 1 saturated heterocycles. The number of halogens is 1. The number of fused-ring (bicyclic) bond motifs is 1. The van der Waals surface area contributed by atoms with Gasteiger partial charge in [0.25, 0.3) is 0 Å². The molecule has 8 nitrogen and oxygen atoms in total. The Morgan fingerprint density at radius 3 is 2.41 bits per heavy atom. The molecule has 3 aliphatic rings. The number of methoxy groups -OCH3 is 1. The molecule has 0 bridgehead atoms. The second-order valence-corrected chi connectivity index (χ2v) is 12.0. The number of carboxylic acids is 1. The van der Waals surface area contributed by atoms with Gasteiger partial charge in [-0.3, -0.25) is 15.0 Å². The molecule has 3 heterocycles. The Morgan fingerprint density at radius 1 is 1.13 bits per heavy atom. The summed E-state index contributed by atoms with van der Waals surface area (Å²) in [5.74, 6) is 0.979. The highest BCUT2D eigenvalue weighted by Crippen LogP contribution is 2.42. The standard InChI is InChI=1S/C30H38N4O4.BrH/c1-30(2,3)22-14-21(15-24(28(22)38-4)33-11-9-18(10-12-33)13-26(36)37)25(35)17-34-16-20-7-8-23(19-5-6-19)32-27(20)29(34)31;/h7-8,14-15,18-19,31H,5-6,9-13,16-17H2,1-4H3,(H,36,37);1H. The number of ether oxygens (including phenoxy) is 1. The van der Waals surface area contributed by atoms with Gasteiger partial charge in [-0.25, -0.2) is 4.98 Å². The van der Waals surface area contributed by atoms with E-state index in [2.05, 4.69) is 37.8 Å². The molecule has 2 aliphatic heterocycles. The molecule has 0 spiro atoms. The fraction of sp³-hybridized carbons (Fsp3) is 0.533. The van der Waals surface area contributed by atoms with E-state index in [0.717, 1.165) is 67.0 Å². The first kappa shape index (κ1) is 29.1. The highest BCUT2D eigenvalue weighted by Gasteiger charge is 2.33. The molecule has 0 atom stereocenters. The molecule has 1 saturated carbocycles. The number of nitrogens with one attached hydrogen (secondary N) is 1. The molecule has 2 N–H and O–H groups in total. The van der Waals surface area contributed by atoms with E-state index in [1.54, 1.807) is 7.11 Å². The molecule has 1 aromatic carbocycles. The summed E-state index contributed by atoms with van der Waals surface area (Å²) >= 11 is 0. The summed E-state index contributed by atoms with van der Waals surface area (Å²) in [6, 6.07) is 7.99. The van der Waals surface area contributed by atoms with E-state index in [1.165, 1.54) is 0 Å². The molecule has 210 valence electrons. The summed E-state index contributed by atoms with van der Waals surface area (Å²) in [6.07, 6.45) is 4.09. The van der Waals surface area contributed by atoms with Gasteiger partial charge >= 0.3 is 5.97 Å². The first-order valence-corrected chi connectivity index (χ1v) is 13.6. The average molecular weight is 600 g/mol. The molecule has 1 aromatic heterocycles. The number of benzene rings is 1. The van der Waals surface area contributed by atoms with Crippen LogP contribution in [-0.2, 0) is 16.8 Å². The minimum atomic E-state index is -0.753. The SMILES string of the molecule is Br.COc1c(N2CCC(CC(=O)O)CC2)cc(C(=O)CN2Cc3ccc(C4CC4)nc3C2=N)cc1C(C)(C)C. The molecule has 0 radical (unpaired) electrons. The van der Waals surface area contributed by atoms with Gasteiger partial charge in [0.15, 0.2) is 5.78 Å². The van der Waals surface area contributed by atoms with Crippen molar-refractivity contribution in [1.82, 2.24) is 9.88 Å². The number of nitrogens with zero attached hydrogens (tertiary/aromatic N) is 3. The lowest BCUT2D eigenvalue weighted by Gasteiger charge is -2.36. The van der Waals surface area contributed by atoms with E-state index >= 15 is 0 Å². The smallest absolute Gasteiger partial charge is 0.303 e. The Morgan fingerprint density at radius 2 is 1.82 bits per heavy atom. The zero-order valence-electron chi connectivity index (χ0n) is 23.2. The molecule has 2 fully saturated rings. The number of hydrogen-bond acceptors (Lipinski definition) is 6. The molecule has 39 heavy (non-hydrogen) atoms. The Hall–Kier alpha value is -2.94. The quantitative estimate of drug-likeness (QED) is 0.383. The van der Waals surface area contributed by atoms with Gasteiger partial charge in [0.05, 0.1) is 19.3 Å². The Bertz CT molecular complexity index is 1280. The van der Waals surface area contributed by atoms with Crippen molar-refractivity contribution >= 4 is 40.3 Å². The lowest BCUT2D eigenvalue weighted by molar-refractivity contribution is -0.138. The minimum absolute atomic E-state index is 0. The molecule has 5 rings (SSSR count). The molecule has 0 unspecified atom stereocenters. The molecule has 9 heteroatoms. The fourth-order valence-corrected chi connectivity index (χ4v) is 5.68. The lowest BCUT2D eigenvalue weighted by Crippen LogP contribution is -2.35. The zero-order chi connectivity index (χ0) is 27.2. The maximum Gasteiger partial charge on any atom is 0.303 e. The minimum Gasteiger partial charge on any atom is -0.494 e. The largest absolute Gasteiger partial charge is 0.494 e. The van der Waals surface area contributed by atoms with Crippen LogP contribution in [-0.4, -0.2) is 59.3 Å². The highest BCUT2D eigenvalue weighted by atomic mass is 79.9. The number of anilines is 1. The van der Waals surface area contributed by atoms with Crippen molar-refractivity contribution in [2.75, 3.05) is 31.6 Å². The molecule has 0 amide bonds. The first-order valence-electron chi connectivity index (χ1n) is 13.6. The van der Waals surface area contributed by atoms with Gasteiger partial charge in [-0.1, -0.05) is 26.8 Å². The average Bonchev–Trinajstić information content (AvgIpc) is 3.68. The number of carbonyl (C=O) groups excluding carboxylic acids is 1. The second kappa shape index (κ2) is 11.3. The van der Waals surface area contributed by atoms with E-state index in [4.69, 9.17) is 15.1 Å². The summed E-state index contributed by atoms with van der Waals surface area (Å²) in [6.45, 7) is 8.40. The number of pyridine rings is 1. The number of hydrogen-bond donors (Lipinski definition) is 2. The van der Waals surface area contributed by atoms with Crippen LogP contribution < -0.4 is 9.64 Å². The van der Waals surface area contributed by atoms with Crippen LogP contribution in [0.1, 0.15) is 91.7 Å². The topological polar surface area (TPSA) is 107 Å². The molecule has 2 aromatic rings. The van der Waals surface area contributed by atoms with Gasteiger partial charge in [-0.2, -0.15) is 0 Å². The van der Waals surface area contributed by atoms with Crippen molar-refractivity contribution in [3.63, 3.8) is 0 Å². The van der Waals surface area contributed by atoms with E-state index in [9.17, 15) is 14.7 Å². The van der Waals surface area contributed by atoms with Crippen molar-refractivity contribution in [3.8, 4) is 5.75 Å². The lowest BCUT2D eigenvalue weighted by atomic mass is 9.83. The number of carboxylic acid groups (broad SMARTS) is 1. The predicted octanol–water partition coefficient (Wildman–Crippen LogP) is 5.56. The maximum atomic E-state index is 13.7. The number of piperidine rings is 1. The van der Waals surface area contributed by atoms with Gasteiger partial charge in [-0.05, 0) is 55.2 Å². The fourth-order valence-electron chi connectivity index (χ4n) is 5.68. The number of carbonyl (C=O) groups is 2. The van der Waals surface area contributed by atoms with Gasteiger partial charge in [0.2, 0.25) is 0 Å². The van der Waals surface area contributed by atoms with Crippen molar-refractivity contribution < 1.29 is 19.4 Å². The van der Waals surface area contributed by atoms with Gasteiger partial charge in [0, 0.05) is 54.4 Å². The van der Waals surface area contributed by atoms with Gasteiger partial charge < -0.3 is 19.6 Å². The number of aromatic nitrogens is 1. The third-order valence-electron chi connectivity index (χ3n) is 8.05. The third-order valence-corrected chi connectivity index (χ3v) is 8.05. The Labute approximate surface area is 241 Å². The van der Waals surface area contributed by atoms with Crippen molar-refractivity contribution in [2.24, 2.45) is 5.92 Å². The van der Waals surface area contributed by atoms with E-state index in [1.807, 2.05) is 17.0 Å². The summed E-state index contributed by atoms with van der Waals surface area (Å²) < 4.78 is 5.91. The van der Waals surface area contributed by atoms with E-state index < -0.39 is 5.97 Å². The molecular weight excluding hydrogens is 560 g/mol. The zero-order valence-corrected chi connectivity index (χ0v) is 25.0. The van der Waals surface area contributed by atoms with E-state index in [0.29, 0.717) is 29.6 Å². The van der Waals surface area contributed by atoms with Crippen LogP contribution in [0.3, 0.4) is 0 Å². The summed E-state index contributed by atoms with van der Waals surface area (Å²) in [5, 5.41) is 17.9. The van der Waals surface area contributed by atoms with Gasteiger partial charge in [0.1, 0.15) is 17.3 Å². The highest BCUT2D eigenvalue weighted by molar-refractivity contribution is 8.93. The van der Waals surface area contributed by atoms with Crippen molar-refractivity contribution in [1.29, 1.82) is 5.41 Å². The summed E-state index contributed by atoms with van der Waals surface area (Å²) in [7, 11) is 1.67. The first-order chi connectivity index (χ1) is 18.0. The number of rotatable bonds is 8. The van der Waals surface area contributed by atoms with E-state index in [-0.39, 0.29) is 47.1 Å². The molecule has 1 aliphatic carbocycles. The predicted molar refractivity (Wildman–Crippen MR) is 157 cm³/mol. The van der Waals surface area contributed by atoms with Crippen LogP contribution in [0.5, 0.6) is 5.75 Å². The van der Waals surface area contributed by atoms with Crippen LogP contribution in [0, 0.1) is 11.3 Å². The van der Waals surface area contributed by atoms with Crippen LogP contribution in [0.25, 0.3) is 0 Å². The summed E-state index contributed by atoms with van der Waals surface area (Å²) in [4.78, 5) is 33.7.